The van der Waals surface area contributed by atoms with Gasteiger partial charge in [0.1, 0.15) is 0 Å². The van der Waals surface area contributed by atoms with Gasteiger partial charge in [0.25, 0.3) is 0 Å². The van der Waals surface area contributed by atoms with Gasteiger partial charge in [0.2, 0.25) is 5.91 Å². The Hall–Kier alpha value is -2.35. The number of benzene rings is 1. The van der Waals surface area contributed by atoms with Crippen LogP contribution in [0.5, 0.6) is 0 Å². The molecule has 1 amide bonds. The second kappa shape index (κ2) is 7.34. The molecule has 2 N–H and O–H groups in total. The van der Waals surface area contributed by atoms with Crippen molar-refractivity contribution in [3.05, 3.63) is 46.8 Å². The van der Waals surface area contributed by atoms with Gasteiger partial charge in [-0.2, -0.15) is 18.3 Å². The summed E-state index contributed by atoms with van der Waals surface area (Å²) in [7, 11) is 0. The van der Waals surface area contributed by atoms with E-state index in [9.17, 15) is 18.0 Å². The molecule has 0 saturated carbocycles. The normalized spacial score (nSPS) is 17.6. The fourth-order valence-electron chi connectivity index (χ4n) is 3.51. The van der Waals surface area contributed by atoms with Crippen LogP contribution in [0, 0.1) is 19.8 Å². The number of carbonyl (C=O) groups excluding carboxylic acids is 1. The topological polar surface area (TPSA) is 64.2 Å². The Morgan fingerprint density at radius 1 is 1.33 bits per heavy atom. The third kappa shape index (κ3) is 4.00. The molecule has 5 nitrogen and oxygen atoms in total. The van der Waals surface area contributed by atoms with Gasteiger partial charge in [-0.15, -0.1) is 0 Å². The standard InChI is InChI=1S/C19H23F3N4O/c1-12-17(9-18(27)25-7-6-14(10-23)11-25)13(2)26(24-12)16-5-3-4-15(8-16)19(20,21)22/h3-5,8,14H,6-7,9-11,23H2,1-2H3. The Labute approximate surface area is 155 Å². The van der Waals surface area contributed by atoms with Crippen LogP contribution in [0.3, 0.4) is 0 Å². The van der Waals surface area contributed by atoms with Gasteiger partial charge in [-0.25, -0.2) is 4.68 Å². The minimum absolute atomic E-state index is 0.000687. The molecule has 1 aliphatic rings. The van der Waals surface area contributed by atoms with Crippen molar-refractivity contribution in [3.63, 3.8) is 0 Å². The minimum atomic E-state index is -4.42. The van der Waals surface area contributed by atoms with E-state index in [2.05, 4.69) is 5.10 Å². The predicted molar refractivity (Wildman–Crippen MR) is 95.5 cm³/mol. The van der Waals surface area contributed by atoms with Gasteiger partial charge in [0, 0.05) is 24.3 Å². The molecule has 1 saturated heterocycles. The van der Waals surface area contributed by atoms with Gasteiger partial charge in [-0.3, -0.25) is 4.79 Å². The van der Waals surface area contributed by atoms with E-state index >= 15 is 0 Å². The van der Waals surface area contributed by atoms with E-state index in [0.717, 1.165) is 24.1 Å². The molecular formula is C19H23F3N4O. The summed E-state index contributed by atoms with van der Waals surface area (Å²) in [6.07, 6.45) is -3.32. The van der Waals surface area contributed by atoms with E-state index in [1.807, 2.05) is 0 Å². The summed E-state index contributed by atoms with van der Waals surface area (Å²) in [6, 6.07) is 5.03. The third-order valence-electron chi connectivity index (χ3n) is 5.16. The van der Waals surface area contributed by atoms with Crippen LogP contribution in [0.25, 0.3) is 5.69 Å². The summed E-state index contributed by atoms with van der Waals surface area (Å²) >= 11 is 0. The summed E-state index contributed by atoms with van der Waals surface area (Å²) in [5.41, 5.74) is 7.36. The van der Waals surface area contributed by atoms with Crippen LogP contribution < -0.4 is 5.73 Å². The number of carbonyl (C=O) groups is 1. The maximum atomic E-state index is 13.0. The number of hydrogen-bond donors (Lipinski definition) is 1. The van der Waals surface area contributed by atoms with Gasteiger partial charge < -0.3 is 10.6 Å². The lowest BCUT2D eigenvalue weighted by atomic mass is 10.1. The fourth-order valence-corrected chi connectivity index (χ4v) is 3.51. The van der Waals surface area contributed by atoms with Crippen molar-refractivity contribution in [2.45, 2.75) is 32.9 Å². The van der Waals surface area contributed by atoms with Gasteiger partial charge >= 0.3 is 6.18 Å². The first kappa shape index (κ1) is 19.4. The average Bonchev–Trinajstić information content (AvgIpc) is 3.21. The van der Waals surface area contributed by atoms with Crippen LogP contribution in [0.2, 0.25) is 0 Å². The van der Waals surface area contributed by atoms with Gasteiger partial charge in [0.15, 0.2) is 0 Å². The van der Waals surface area contributed by atoms with Gasteiger partial charge in [0.05, 0.1) is 23.4 Å². The van der Waals surface area contributed by atoms with Crippen molar-refractivity contribution in [2.75, 3.05) is 19.6 Å². The molecule has 0 spiro atoms. The quantitative estimate of drug-likeness (QED) is 0.887. The number of aryl methyl sites for hydroxylation is 1. The van der Waals surface area contributed by atoms with Gasteiger partial charge in [-0.1, -0.05) is 6.07 Å². The summed E-state index contributed by atoms with van der Waals surface area (Å²) in [4.78, 5) is 14.4. The number of alkyl halides is 3. The monoisotopic (exact) mass is 380 g/mol. The molecule has 0 bridgehead atoms. The second-order valence-corrected chi connectivity index (χ2v) is 7.02. The zero-order chi connectivity index (χ0) is 19.8. The molecule has 1 atom stereocenters. The van der Waals surface area contributed by atoms with Crippen LogP contribution >= 0.6 is 0 Å². The Morgan fingerprint density at radius 3 is 2.70 bits per heavy atom. The highest BCUT2D eigenvalue weighted by atomic mass is 19.4. The summed E-state index contributed by atoms with van der Waals surface area (Å²) in [6.45, 7) is 5.47. The molecule has 0 aliphatic carbocycles. The Morgan fingerprint density at radius 2 is 2.07 bits per heavy atom. The minimum Gasteiger partial charge on any atom is -0.342 e. The predicted octanol–water partition coefficient (Wildman–Crippen LogP) is 2.86. The smallest absolute Gasteiger partial charge is 0.342 e. The number of likely N-dealkylation sites (tertiary alicyclic amines) is 1. The highest BCUT2D eigenvalue weighted by molar-refractivity contribution is 5.79. The number of nitrogens with two attached hydrogens (primary N) is 1. The number of amides is 1. The Bertz CT molecular complexity index is 844. The molecule has 1 unspecified atom stereocenters. The van der Waals surface area contributed by atoms with E-state index in [-0.39, 0.29) is 12.3 Å². The first-order valence-electron chi connectivity index (χ1n) is 8.91. The molecule has 27 heavy (non-hydrogen) atoms. The van der Waals surface area contributed by atoms with Gasteiger partial charge in [-0.05, 0) is 50.9 Å². The zero-order valence-corrected chi connectivity index (χ0v) is 15.4. The molecule has 0 radical (unpaired) electrons. The Kier molecular flexibility index (Phi) is 5.28. The molecule has 146 valence electrons. The molecule has 1 aliphatic heterocycles. The second-order valence-electron chi connectivity index (χ2n) is 7.02. The lowest BCUT2D eigenvalue weighted by Gasteiger charge is -2.16. The van der Waals surface area contributed by atoms with E-state index in [1.165, 1.54) is 10.7 Å². The molecule has 8 heteroatoms. The molecule has 1 aromatic carbocycles. The number of nitrogens with zero attached hydrogens (tertiary/aromatic N) is 3. The highest BCUT2D eigenvalue weighted by Crippen LogP contribution is 2.31. The number of hydrogen-bond acceptors (Lipinski definition) is 3. The highest BCUT2D eigenvalue weighted by Gasteiger charge is 2.31. The molecular weight excluding hydrogens is 357 g/mol. The van der Waals surface area contributed by atoms with Crippen molar-refractivity contribution in [2.24, 2.45) is 11.7 Å². The zero-order valence-electron chi connectivity index (χ0n) is 15.4. The first-order chi connectivity index (χ1) is 12.7. The summed E-state index contributed by atoms with van der Waals surface area (Å²) in [5.74, 6) is 0.338. The maximum absolute atomic E-state index is 13.0. The molecule has 1 fully saturated rings. The number of aromatic nitrogens is 2. The molecule has 3 rings (SSSR count). The molecule has 2 heterocycles. The average molecular weight is 380 g/mol. The van der Waals surface area contributed by atoms with E-state index in [4.69, 9.17) is 5.73 Å². The maximum Gasteiger partial charge on any atom is 0.416 e. The lowest BCUT2D eigenvalue weighted by molar-refractivity contribution is -0.137. The van der Waals surface area contributed by atoms with Crippen molar-refractivity contribution in [1.82, 2.24) is 14.7 Å². The van der Waals surface area contributed by atoms with E-state index < -0.39 is 11.7 Å². The fraction of sp³-hybridized carbons (Fsp3) is 0.474. The van der Waals surface area contributed by atoms with Crippen LogP contribution in [0.4, 0.5) is 13.2 Å². The van der Waals surface area contributed by atoms with Crippen molar-refractivity contribution >= 4 is 5.91 Å². The largest absolute Gasteiger partial charge is 0.416 e. The van der Waals surface area contributed by atoms with E-state index in [0.29, 0.717) is 42.6 Å². The van der Waals surface area contributed by atoms with Crippen molar-refractivity contribution in [1.29, 1.82) is 0 Å². The Balaban J connectivity index is 1.84. The summed E-state index contributed by atoms with van der Waals surface area (Å²) in [5, 5.41) is 4.37. The van der Waals surface area contributed by atoms with Crippen LogP contribution in [0.15, 0.2) is 24.3 Å². The summed E-state index contributed by atoms with van der Waals surface area (Å²) < 4.78 is 40.4. The number of rotatable bonds is 4. The first-order valence-corrected chi connectivity index (χ1v) is 8.91. The van der Waals surface area contributed by atoms with Crippen LogP contribution in [-0.2, 0) is 17.4 Å². The van der Waals surface area contributed by atoms with Crippen molar-refractivity contribution < 1.29 is 18.0 Å². The molecule has 1 aromatic heterocycles. The van der Waals surface area contributed by atoms with Crippen LogP contribution in [-0.4, -0.2) is 40.2 Å². The lowest BCUT2D eigenvalue weighted by Crippen LogP contribution is -2.31. The SMILES string of the molecule is Cc1nn(-c2cccc(C(F)(F)F)c2)c(C)c1CC(=O)N1CCC(CN)C1. The number of halogens is 3. The molecule has 2 aromatic rings. The van der Waals surface area contributed by atoms with Crippen LogP contribution in [0.1, 0.15) is 28.9 Å². The van der Waals surface area contributed by atoms with Crippen molar-refractivity contribution in [3.8, 4) is 5.69 Å². The third-order valence-corrected chi connectivity index (χ3v) is 5.16. The van der Waals surface area contributed by atoms with E-state index in [1.54, 1.807) is 24.8 Å².